The van der Waals surface area contributed by atoms with E-state index in [0.717, 1.165) is 11.1 Å². The molecule has 0 bridgehead atoms. The van der Waals surface area contributed by atoms with Gasteiger partial charge in [0.25, 0.3) is 10.0 Å². The lowest BCUT2D eigenvalue weighted by Crippen LogP contribution is -2.12. The van der Waals surface area contributed by atoms with Gasteiger partial charge in [0.1, 0.15) is 5.82 Å². The van der Waals surface area contributed by atoms with Gasteiger partial charge in [0.2, 0.25) is 0 Å². The van der Waals surface area contributed by atoms with Crippen molar-refractivity contribution in [1.29, 1.82) is 0 Å². The molecule has 0 aliphatic rings. The molecule has 122 valence electrons. The van der Waals surface area contributed by atoms with E-state index < -0.39 is 15.8 Å². The van der Waals surface area contributed by atoms with E-state index in [1.165, 1.54) is 36.4 Å². The van der Waals surface area contributed by atoms with E-state index in [2.05, 4.69) is 4.72 Å². The van der Waals surface area contributed by atoms with Crippen molar-refractivity contribution in [2.75, 3.05) is 4.72 Å². The molecule has 6 heteroatoms. The maximum atomic E-state index is 12.9. The van der Waals surface area contributed by atoms with Crippen molar-refractivity contribution >= 4 is 27.3 Å². The Morgan fingerprint density at radius 3 is 1.79 bits per heavy atom. The summed E-state index contributed by atoms with van der Waals surface area (Å²) in [5, 5.41) is 0.640. The Balaban J connectivity index is 1.83. The Morgan fingerprint density at radius 1 is 0.750 bits per heavy atom. The van der Waals surface area contributed by atoms with Crippen LogP contribution in [-0.4, -0.2) is 8.42 Å². The molecule has 0 saturated heterocycles. The molecular weight excluding hydrogens is 349 g/mol. The van der Waals surface area contributed by atoms with E-state index in [1.807, 2.05) is 12.1 Å². The fourth-order valence-electron chi connectivity index (χ4n) is 2.20. The van der Waals surface area contributed by atoms with Crippen molar-refractivity contribution in [3.05, 3.63) is 83.6 Å². The predicted octanol–water partition coefficient (Wildman–Crippen LogP) is 4.95. The van der Waals surface area contributed by atoms with E-state index >= 15 is 0 Å². The summed E-state index contributed by atoms with van der Waals surface area (Å²) in [5.41, 5.74) is 2.13. The zero-order chi connectivity index (χ0) is 17.2. The number of hydrogen-bond acceptors (Lipinski definition) is 2. The van der Waals surface area contributed by atoms with Gasteiger partial charge in [-0.05, 0) is 59.7 Å². The lowest BCUT2D eigenvalue weighted by molar-refractivity contribution is 0.601. The van der Waals surface area contributed by atoms with E-state index in [9.17, 15) is 12.8 Å². The van der Waals surface area contributed by atoms with Crippen molar-refractivity contribution in [2.45, 2.75) is 4.90 Å². The summed E-state index contributed by atoms with van der Waals surface area (Å²) in [7, 11) is -3.73. The van der Waals surface area contributed by atoms with Crippen molar-refractivity contribution in [1.82, 2.24) is 0 Å². The minimum absolute atomic E-state index is 0.129. The van der Waals surface area contributed by atoms with Gasteiger partial charge in [-0.1, -0.05) is 35.9 Å². The normalized spacial score (nSPS) is 11.2. The molecule has 3 rings (SSSR count). The average Bonchev–Trinajstić information content (AvgIpc) is 2.58. The first kappa shape index (κ1) is 16.5. The molecule has 0 aliphatic carbocycles. The van der Waals surface area contributed by atoms with E-state index in [0.29, 0.717) is 10.7 Å². The van der Waals surface area contributed by atoms with Crippen LogP contribution in [0.15, 0.2) is 77.7 Å². The third-order valence-corrected chi connectivity index (χ3v) is 5.09. The van der Waals surface area contributed by atoms with E-state index in [1.54, 1.807) is 24.3 Å². The van der Waals surface area contributed by atoms with Gasteiger partial charge in [-0.25, -0.2) is 12.8 Å². The molecule has 0 radical (unpaired) electrons. The Hall–Kier alpha value is -2.37. The van der Waals surface area contributed by atoms with Crippen LogP contribution < -0.4 is 4.72 Å². The Labute approximate surface area is 144 Å². The molecular formula is C18H13ClFNO2S. The van der Waals surface area contributed by atoms with Crippen LogP contribution in [0.25, 0.3) is 11.1 Å². The van der Waals surface area contributed by atoms with Crippen molar-refractivity contribution < 1.29 is 12.8 Å². The molecule has 3 aromatic rings. The largest absolute Gasteiger partial charge is 0.280 e. The van der Waals surface area contributed by atoms with Crippen LogP contribution in [0.3, 0.4) is 0 Å². The first-order valence-corrected chi connectivity index (χ1v) is 8.94. The number of nitrogens with one attached hydrogen (secondary N) is 1. The van der Waals surface area contributed by atoms with Gasteiger partial charge >= 0.3 is 0 Å². The summed E-state index contributed by atoms with van der Waals surface area (Å²) in [6.07, 6.45) is 0. The Kier molecular flexibility index (Phi) is 4.55. The number of sulfonamides is 1. The summed E-state index contributed by atoms with van der Waals surface area (Å²) in [6.45, 7) is 0. The summed E-state index contributed by atoms with van der Waals surface area (Å²) in [6, 6.07) is 18.9. The molecule has 0 amide bonds. The molecule has 3 nitrogen and oxygen atoms in total. The molecule has 0 unspecified atom stereocenters. The number of hydrogen-bond donors (Lipinski definition) is 1. The third kappa shape index (κ3) is 3.75. The van der Waals surface area contributed by atoms with Crippen molar-refractivity contribution in [2.24, 2.45) is 0 Å². The summed E-state index contributed by atoms with van der Waals surface area (Å²) in [5.74, 6) is -0.426. The van der Waals surface area contributed by atoms with Gasteiger partial charge in [0.15, 0.2) is 0 Å². The molecule has 1 N–H and O–H groups in total. The molecule has 3 aromatic carbocycles. The minimum atomic E-state index is -3.73. The summed E-state index contributed by atoms with van der Waals surface area (Å²) >= 11 is 5.86. The lowest BCUT2D eigenvalue weighted by Gasteiger charge is -2.09. The highest BCUT2D eigenvalue weighted by Crippen LogP contribution is 2.24. The molecule has 0 atom stereocenters. The Morgan fingerprint density at radius 2 is 1.25 bits per heavy atom. The maximum Gasteiger partial charge on any atom is 0.261 e. The lowest BCUT2D eigenvalue weighted by atomic mass is 10.1. The van der Waals surface area contributed by atoms with Crippen LogP contribution in [0.4, 0.5) is 10.1 Å². The van der Waals surface area contributed by atoms with Crippen LogP contribution in [0, 0.1) is 5.82 Å². The van der Waals surface area contributed by atoms with E-state index in [4.69, 9.17) is 11.6 Å². The fourth-order valence-corrected chi connectivity index (χ4v) is 3.39. The fraction of sp³-hybridized carbons (Fsp3) is 0. The molecule has 0 heterocycles. The number of anilines is 1. The Bertz CT molecular complexity index is 938. The van der Waals surface area contributed by atoms with Crippen LogP contribution in [0.1, 0.15) is 0 Å². The quantitative estimate of drug-likeness (QED) is 0.714. The monoisotopic (exact) mass is 361 g/mol. The maximum absolute atomic E-state index is 12.9. The van der Waals surface area contributed by atoms with Gasteiger partial charge in [-0.15, -0.1) is 0 Å². The number of rotatable bonds is 4. The third-order valence-electron chi connectivity index (χ3n) is 3.44. The SMILES string of the molecule is O=S(=O)(Nc1ccc(F)cc1)c1ccc(-c2ccc(Cl)cc2)cc1. The highest BCUT2D eigenvalue weighted by atomic mass is 35.5. The molecule has 0 aromatic heterocycles. The standard InChI is InChI=1S/C18H13ClFNO2S/c19-15-5-1-13(2-6-15)14-3-11-18(12-4-14)24(22,23)21-17-9-7-16(20)8-10-17/h1-12,21H. The molecule has 0 aliphatic heterocycles. The second kappa shape index (κ2) is 6.63. The van der Waals surface area contributed by atoms with Crippen LogP contribution in [0.2, 0.25) is 5.02 Å². The molecule has 24 heavy (non-hydrogen) atoms. The second-order valence-corrected chi connectivity index (χ2v) is 7.26. The highest BCUT2D eigenvalue weighted by Gasteiger charge is 2.14. The number of halogens is 2. The van der Waals surface area contributed by atoms with Crippen molar-refractivity contribution in [3.8, 4) is 11.1 Å². The van der Waals surface area contributed by atoms with Crippen LogP contribution in [-0.2, 0) is 10.0 Å². The predicted molar refractivity (Wildman–Crippen MR) is 94.1 cm³/mol. The average molecular weight is 362 g/mol. The first-order valence-electron chi connectivity index (χ1n) is 7.08. The molecule has 0 spiro atoms. The zero-order valence-corrected chi connectivity index (χ0v) is 14.0. The van der Waals surface area contributed by atoms with Crippen LogP contribution in [0.5, 0.6) is 0 Å². The van der Waals surface area contributed by atoms with Crippen molar-refractivity contribution in [3.63, 3.8) is 0 Å². The van der Waals surface area contributed by atoms with Gasteiger partial charge in [0, 0.05) is 10.7 Å². The van der Waals surface area contributed by atoms with Crippen LogP contribution >= 0.6 is 11.6 Å². The number of benzene rings is 3. The van der Waals surface area contributed by atoms with Gasteiger partial charge in [0.05, 0.1) is 4.90 Å². The second-order valence-electron chi connectivity index (χ2n) is 5.14. The molecule has 0 fully saturated rings. The summed E-state index contributed by atoms with van der Waals surface area (Å²) < 4.78 is 40.0. The molecule has 0 saturated carbocycles. The first-order chi connectivity index (χ1) is 11.4. The summed E-state index contributed by atoms with van der Waals surface area (Å²) in [4.78, 5) is 0.129. The minimum Gasteiger partial charge on any atom is -0.280 e. The zero-order valence-electron chi connectivity index (χ0n) is 12.4. The van der Waals surface area contributed by atoms with Gasteiger partial charge in [-0.3, -0.25) is 4.72 Å². The topological polar surface area (TPSA) is 46.2 Å². The van der Waals surface area contributed by atoms with Gasteiger partial charge < -0.3 is 0 Å². The van der Waals surface area contributed by atoms with Gasteiger partial charge in [-0.2, -0.15) is 0 Å². The highest BCUT2D eigenvalue weighted by molar-refractivity contribution is 7.92. The smallest absolute Gasteiger partial charge is 0.261 e. The van der Waals surface area contributed by atoms with E-state index in [-0.39, 0.29) is 4.90 Å².